The van der Waals surface area contributed by atoms with Gasteiger partial charge in [-0.3, -0.25) is 4.79 Å². The molecular weight excluding hydrogens is 297 g/mol. The second-order valence-corrected chi connectivity index (χ2v) is 5.47. The first-order valence-electron chi connectivity index (χ1n) is 6.25. The summed E-state index contributed by atoms with van der Waals surface area (Å²) in [5.74, 6) is -0.209. The van der Waals surface area contributed by atoms with Gasteiger partial charge in [-0.2, -0.15) is 0 Å². The van der Waals surface area contributed by atoms with Gasteiger partial charge < -0.3 is 5.32 Å². The zero-order valence-corrected chi connectivity index (χ0v) is 11.8. The molecule has 1 aliphatic carbocycles. The molecule has 0 heterocycles. The smallest absolute Gasteiger partial charge is 0.230 e. The van der Waals surface area contributed by atoms with Gasteiger partial charge in [-0.15, -0.1) is 0 Å². The fraction of sp³-hybridized carbons (Fsp3) is 0.500. The predicted octanol–water partition coefficient (Wildman–Crippen LogP) is 3.15. The van der Waals surface area contributed by atoms with E-state index in [1.807, 2.05) is 12.1 Å². The van der Waals surface area contributed by atoms with Crippen LogP contribution in [0.15, 0.2) is 24.3 Å². The molecule has 0 radical (unpaired) electrons. The van der Waals surface area contributed by atoms with Crippen molar-refractivity contribution < 1.29 is 9.18 Å². The van der Waals surface area contributed by atoms with E-state index in [1.165, 1.54) is 25.0 Å². The quantitative estimate of drug-likeness (QED) is 0.850. The lowest BCUT2D eigenvalue weighted by Gasteiger charge is -2.30. The summed E-state index contributed by atoms with van der Waals surface area (Å²) in [6.45, 7) is 0.642. The van der Waals surface area contributed by atoms with E-state index in [9.17, 15) is 9.18 Å². The molecule has 1 aromatic carbocycles. The predicted molar refractivity (Wildman–Crippen MR) is 73.3 cm³/mol. The average Bonchev–Trinajstić information content (AvgIpc) is 2.87. The Morgan fingerprint density at radius 1 is 1.28 bits per heavy atom. The van der Waals surface area contributed by atoms with E-state index in [0.29, 0.717) is 11.9 Å². The van der Waals surface area contributed by atoms with Crippen LogP contribution in [-0.2, 0) is 10.2 Å². The highest BCUT2D eigenvalue weighted by Crippen LogP contribution is 2.40. The van der Waals surface area contributed by atoms with Crippen LogP contribution in [0.3, 0.4) is 0 Å². The van der Waals surface area contributed by atoms with E-state index in [1.54, 1.807) is 0 Å². The van der Waals surface area contributed by atoms with Gasteiger partial charge >= 0.3 is 0 Å². The minimum atomic E-state index is -0.212. The third kappa shape index (κ3) is 2.91. The Hall–Kier alpha value is -0.900. The van der Waals surface area contributed by atoms with E-state index >= 15 is 0 Å². The van der Waals surface area contributed by atoms with Crippen molar-refractivity contribution >= 4 is 21.8 Å². The first-order chi connectivity index (χ1) is 8.66. The summed E-state index contributed by atoms with van der Waals surface area (Å²) in [6.07, 6.45) is 4.45. The molecule has 18 heavy (non-hydrogen) atoms. The fourth-order valence-corrected chi connectivity index (χ4v) is 2.94. The molecule has 0 aliphatic heterocycles. The molecule has 0 unspecified atom stereocenters. The zero-order valence-electron chi connectivity index (χ0n) is 10.2. The molecule has 1 N–H and O–H groups in total. The van der Waals surface area contributed by atoms with Crippen molar-refractivity contribution in [2.75, 3.05) is 11.9 Å². The van der Waals surface area contributed by atoms with Crippen molar-refractivity contribution in [3.63, 3.8) is 0 Å². The summed E-state index contributed by atoms with van der Waals surface area (Å²) in [6, 6.07) is 6.70. The number of hydrogen-bond acceptors (Lipinski definition) is 1. The van der Waals surface area contributed by atoms with Crippen molar-refractivity contribution in [1.82, 2.24) is 5.32 Å². The van der Waals surface area contributed by atoms with Gasteiger partial charge in [-0.1, -0.05) is 40.9 Å². The number of benzene rings is 1. The summed E-state index contributed by atoms with van der Waals surface area (Å²) < 4.78 is 13.0. The Morgan fingerprint density at radius 2 is 1.89 bits per heavy atom. The molecule has 1 aliphatic rings. The number of rotatable bonds is 4. The molecule has 0 saturated heterocycles. The summed E-state index contributed by atoms with van der Waals surface area (Å²) in [5, 5.41) is 3.27. The van der Waals surface area contributed by atoms with E-state index in [0.717, 1.165) is 18.4 Å². The number of amides is 1. The van der Waals surface area contributed by atoms with Gasteiger partial charge in [0.2, 0.25) is 5.91 Å². The number of hydrogen-bond donors (Lipinski definition) is 1. The third-order valence-corrected chi connectivity index (χ3v) is 4.27. The first-order valence-corrected chi connectivity index (χ1v) is 7.37. The molecule has 4 heteroatoms. The Bertz CT molecular complexity index is 412. The number of halogens is 2. The second-order valence-electron chi connectivity index (χ2n) is 4.90. The Morgan fingerprint density at radius 3 is 2.44 bits per heavy atom. The molecule has 98 valence electrons. The van der Waals surface area contributed by atoms with Gasteiger partial charge in [-0.25, -0.2) is 4.39 Å². The van der Waals surface area contributed by atoms with Crippen LogP contribution in [0.1, 0.15) is 31.2 Å². The molecule has 2 rings (SSSR count). The van der Waals surface area contributed by atoms with Gasteiger partial charge in [0.05, 0.1) is 5.33 Å². The molecule has 1 saturated carbocycles. The van der Waals surface area contributed by atoms with E-state index in [2.05, 4.69) is 21.2 Å². The van der Waals surface area contributed by atoms with Crippen LogP contribution in [-0.4, -0.2) is 17.8 Å². The third-order valence-electron chi connectivity index (χ3n) is 3.76. The van der Waals surface area contributed by atoms with Crippen molar-refractivity contribution in [3.05, 3.63) is 35.6 Å². The van der Waals surface area contributed by atoms with E-state index < -0.39 is 0 Å². The molecule has 1 fully saturated rings. The lowest BCUT2D eigenvalue weighted by molar-refractivity contribution is -0.118. The molecular formula is C14H17BrFNO. The van der Waals surface area contributed by atoms with Crippen LogP contribution in [0.5, 0.6) is 0 Å². The van der Waals surface area contributed by atoms with Crippen LogP contribution in [0.2, 0.25) is 0 Å². The van der Waals surface area contributed by atoms with Gasteiger partial charge in [0.25, 0.3) is 0 Å². The highest BCUT2D eigenvalue weighted by molar-refractivity contribution is 9.09. The van der Waals surface area contributed by atoms with Crippen LogP contribution in [0.25, 0.3) is 0 Å². The summed E-state index contributed by atoms with van der Waals surface area (Å²) in [7, 11) is 0. The monoisotopic (exact) mass is 313 g/mol. The lowest BCUT2D eigenvalue weighted by atomic mass is 9.79. The molecule has 0 aromatic heterocycles. The number of nitrogens with one attached hydrogen (secondary N) is 1. The summed E-state index contributed by atoms with van der Waals surface area (Å²) in [4.78, 5) is 11.4. The van der Waals surface area contributed by atoms with Gasteiger partial charge in [0.1, 0.15) is 5.82 Å². The lowest BCUT2D eigenvalue weighted by Crippen LogP contribution is -2.39. The molecule has 2 nitrogen and oxygen atoms in total. The maximum atomic E-state index is 13.0. The first kappa shape index (κ1) is 13.5. The van der Waals surface area contributed by atoms with Crippen LogP contribution in [0, 0.1) is 5.82 Å². The van der Waals surface area contributed by atoms with Gasteiger partial charge in [0.15, 0.2) is 0 Å². The van der Waals surface area contributed by atoms with Crippen LogP contribution >= 0.6 is 15.9 Å². The van der Waals surface area contributed by atoms with Gasteiger partial charge in [0, 0.05) is 12.0 Å². The van der Waals surface area contributed by atoms with Crippen molar-refractivity contribution in [1.29, 1.82) is 0 Å². The molecule has 0 bridgehead atoms. The normalized spacial score (nSPS) is 17.7. The fourth-order valence-electron chi connectivity index (χ4n) is 2.74. The standard InChI is InChI=1S/C14H17BrFNO/c15-9-13(18)17-10-14(7-1-2-8-14)11-3-5-12(16)6-4-11/h3-6H,1-2,7-10H2,(H,17,18). The molecule has 1 aromatic rings. The molecule has 0 spiro atoms. The van der Waals surface area contributed by atoms with E-state index in [4.69, 9.17) is 0 Å². The molecule has 0 atom stereocenters. The van der Waals surface area contributed by atoms with Crippen molar-refractivity contribution in [3.8, 4) is 0 Å². The topological polar surface area (TPSA) is 29.1 Å². The highest BCUT2D eigenvalue weighted by atomic mass is 79.9. The van der Waals surface area contributed by atoms with Crippen molar-refractivity contribution in [2.24, 2.45) is 0 Å². The Labute approximate surface area is 115 Å². The largest absolute Gasteiger partial charge is 0.354 e. The highest BCUT2D eigenvalue weighted by Gasteiger charge is 2.35. The number of carbonyl (C=O) groups is 1. The molecule has 1 amide bonds. The van der Waals surface area contributed by atoms with Gasteiger partial charge in [-0.05, 0) is 30.5 Å². The zero-order chi connectivity index (χ0) is 13.0. The Balaban J connectivity index is 2.16. The Kier molecular flexibility index (Phi) is 4.38. The summed E-state index contributed by atoms with van der Waals surface area (Å²) in [5.41, 5.74) is 1.13. The maximum Gasteiger partial charge on any atom is 0.230 e. The van der Waals surface area contributed by atoms with Crippen molar-refractivity contribution in [2.45, 2.75) is 31.1 Å². The SMILES string of the molecule is O=C(CBr)NCC1(c2ccc(F)cc2)CCCC1. The number of alkyl halides is 1. The van der Waals surface area contributed by atoms with Crippen LogP contribution < -0.4 is 5.32 Å². The van der Waals surface area contributed by atoms with E-state index in [-0.39, 0.29) is 17.1 Å². The minimum Gasteiger partial charge on any atom is -0.354 e. The van der Waals surface area contributed by atoms with Crippen LogP contribution in [0.4, 0.5) is 4.39 Å². The minimum absolute atomic E-state index is 0.00314. The number of carbonyl (C=O) groups excluding carboxylic acids is 1. The summed E-state index contributed by atoms with van der Waals surface area (Å²) >= 11 is 3.15. The average molecular weight is 314 g/mol. The maximum absolute atomic E-state index is 13.0. The second kappa shape index (κ2) is 5.83.